The van der Waals surface area contributed by atoms with Crippen LogP contribution in [0.1, 0.15) is 10.4 Å². The Labute approximate surface area is 124 Å². The van der Waals surface area contributed by atoms with E-state index in [0.29, 0.717) is 31.2 Å². The molecule has 0 radical (unpaired) electrons. The van der Waals surface area contributed by atoms with Gasteiger partial charge in [-0.05, 0) is 24.3 Å². The summed E-state index contributed by atoms with van der Waals surface area (Å²) in [6.45, 7) is 3.49. The average Bonchev–Trinajstić information content (AvgIpc) is 3.03. The first-order chi connectivity index (χ1) is 10.2. The van der Waals surface area contributed by atoms with Gasteiger partial charge in [0, 0.05) is 37.1 Å². The number of amides is 1. The fraction of sp³-hybridized carbons (Fsp3) is 0.562. The molecule has 3 rings (SSSR count). The first-order valence-electron chi connectivity index (χ1n) is 7.18. The monoisotopic (exact) mass is 291 g/mol. The molecule has 0 bridgehead atoms. The summed E-state index contributed by atoms with van der Waals surface area (Å²) >= 11 is 0. The van der Waals surface area contributed by atoms with Crippen molar-refractivity contribution in [3.05, 3.63) is 29.8 Å². The molecular formula is C16H21NO4. The Morgan fingerprint density at radius 2 is 2.14 bits per heavy atom. The summed E-state index contributed by atoms with van der Waals surface area (Å²) < 4.78 is 16.1. The molecule has 2 atom stereocenters. The van der Waals surface area contributed by atoms with Crippen LogP contribution < -0.4 is 4.74 Å². The zero-order valence-electron chi connectivity index (χ0n) is 12.5. The van der Waals surface area contributed by atoms with Gasteiger partial charge in [-0.2, -0.15) is 0 Å². The van der Waals surface area contributed by atoms with Crippen molar-refractivity contribution >= 4 is 5.91 Å². The highest BCUT2D eigenvalue weighted by molar-refractivity contribution is 5.94. The molecule has 0 saturated carbocycles. The standard InChI is InChI=1S/C16H21NO4/c1-19-10-16-9-17(7-13(16)8-21-11-16)15(18)12-3-5-14(20-2)6-4-12/h3-6,13H,7-11H2,1-2H3/t13-,16-/m1/s1. The predicted molar refractivity (Wildman–Crippen MR) is 77.5 cm³/mol. The minimum absolute atomic E-state index is 0.0309. The molecule has 5 heteroatoms. The second-order valence-electron chi connectivity index (χ2n) is 5.92. The van der Waals surface area contributed by atoms with E-state index in [1.807, 2.05) is 29.2 Å². The number of carbonyl (C=O) groups is 1. The molecule has 1 amide bonds. The lowest BCUT2D eigenvalue weighted by atomic mass is 9.82. The van der Waals surface area contributed by atoms with Gasteiger partial charge in [-0.15, -0.1) is 0 Å². The Morgan fingerprint density at radius 3 is 2.81 bits per heavy atom. The number of rotatable bonds is 4. The van der Waals surface area contributed by atoms with Gasteiger partial charge < -0.3 is 19.1 Å². The summed E-state index contributed by atoms with van der Waals surface area (Å²) in [6.07, 6.45) is 0. The molecule has 0 aliphatic carbocycles. The highest BCUT2D eigenvalue weighted by Gasteiger charge is 2.51. The zero-order chi connectivity index (χ0) is 14.9. The quantitative estimate of drug-likeness (QED) is 0.842. The summed E-state index contributed by atoms with van der Waals surface area (Å²) in [5.41, 5.74) is 0.668. The van der Waals surface area contributed by atoms with E-state index < -0.39 is 0 Å². The summed E-state index contributed by atoms with van der Waals surface area (Å²) in [5, 5.41) is 0. The number of likely N-dealkylation sites (tertiary alicyclic amines) is 1. The number of hydrogen-bond acceptors (Lipinski definition) is 4. The van der Waals surface area contributed by atoms with E-state index in [0.717, 1.165) is 18.9 Å². The fourth-order valence-corrected chi connectivity index (χ4v) is 3.39. The minimum atomic E-state index is -0.0309. The van der Waals surface area contributed by atoms with Gasteiger partial charge in [0.15, 0.2) is 0 Å². The molecule has 114 valence electrons. The van der Waals surface area contributed by atoms with Gasteiger partial charge in [-0.25, -0.2) is 0 Å². The number of hydrogen-bond donors (Lipinski definition) is 0. The van der Waals surface area contributed by atoms with E-state index in [9.17, 15) is 4.79 Å². The number of methoxy groups -OCH3 is 2. The third kappa shape index (κ3) is 2.51. The molecule has 0 unspecified atom stereocenters. The first-order valence-corrected chi connectivity index (χ1v) is 7.18. The smallest absolute Gasteiger partial charge is 0.253 e. The Bertz CT molecular complexity index is 516. The molecule has 21 heavy (non-hydrogen) atoms. The molecule has 0 spiro atoms. The average molecular weight is 291 g/mol. The van der Waals surface area contributed by atoms with Gasteiger partial charge in [0.1, 0.15) is 5.75 Å². The van der Waals surface area contributed by atoms with Crippen molar-refractivity contribution in [2.75, 3.05) is 47.1 Å². The molecule has 2 aliphatic heterocycles. The maximum atomic E-state index is 12.6. The van der Waals surface area contributed by atoms with Crippen LogP contribution in [0, 0.1) is 11.3 Å². The van der Waals surface area contributed by atoms with Gasteiger partial charge in [-0.1, -0.05) is 0 Å². The van der Waals surface area contributed by atoms with E-state index in [1.165, 1.54) is 0 Å². The van der Waals surface area contributed by atoms with Crippen LogP contribution in [0.15, 0.2) is 24.3 Å². The van der Waals surface area contributed by atoms with E-state index in [2.05, 4.69) is 0 Å². The number of carbonyl (C=O) groups excluding carboxylic acids is 1. The summed E-state index contributed by atoms with van der Waals surface area (Å²) in [4.78, 5) is 14.6. The first kappa shape index (κ1) is 14.4. The van der Waals surface area contributed by atoms with Crippen LogP contribution in [0.5, 0.6) is 5.75 Å². The highest BCUT2D eigenvalue weighted by atomic mass is 16.5. The topological polar surface area (TPSA) is 48.0 Å². The van der Waals surface area contributed by atoms with Gasteiger partial charge in [0.05, 0.1) is 26.9 Å². The Kier molecular flexibility index (Phi) is 3.87. The number of fused-ring (bicyclic) bond motifs is 1. The molecular weight excluding hydrogens is 270 g/mol. The van der Waals surface area contributed by atoms with Crippen molar-refractivity contribution in [3.63, 3.8) is 0 Å². The lowest BCUT2D eigenvalue weighted by molar-refractivity contribution is 0.0489. The second kappa shape index (κ2) is 5.66. The molecule has 0 N–H and O–H groups in total. The predicted octanol–water partition coefficient (Wildman–Crippen LogP) is 1.43. The van der Waals surface area contributed by atoms with Crippen LogP contribution in [-0.4, -0.2) is 57.9 Å². The number of nitrogens with zero attached hydrogens (tertiary/aromatic N) is 1. The third-order valence-corrected chi connectivity index (χ3v) is 4.58. The van der Waals surface area contributed by atoms with Crippen molar-refractivity contribution in [2.45, 2.75) is 0 Å². The summed E-state index contributed by atoms with van der Waals surface area (Å²) in [5.74, 6) is 1.20. The molecule has 0 aromatic heterocycles. The maximum absolute atomic E-state index is 12.6. The van der Waals surface area contributed by atoms with Gasteiger partial charge >= 0.3 is 0 Å². The van der Waals surface area contributed by atoms with Crippen LogP contribution >= 0.6 is 0 Å². The Balaban J connectivity index is 1.74. The van der Waals surface area contributed by atoms with Crippen molar-refractivity contribution < 1.29 is 19.0 Å². The van der Waals surface area contributed by atoms with Crippen molar-refractivity contribution in [1.82, 2.24) is 4.90 Å². The molecule has 2 heterocycles. The van der Waals surface area contributed by atoms with E-state index in [-0.39, 0.29) is 11.3 Å². The lowest BCUT2D eigenvalue weighted by Crippen LogP contribution is -2.37. The van der Waals surface area contributed by atoms with Crippen LogP contribution in [0.3, 0.4) is 0 Å². The number of benzene rings is 1. The molecule has 1 aromatic carbocycles. The Hall–Kier alpha value is -1.59. The molecule has 2 aliphatic rings. The highest BCUT2D eigenvalue weighted by Crippen LogP contribution is 2.41. The summed E-state index contributed by atoms with van der Waals surface area (Å²) in [6, 6.07) is 7.26. The maximum Gasteiger partial charge on any atom is 0.253 e. The molecule has 2 fully saturated rings. The molecule has 2 saturated heterocycles. The largest absolute Gasteiger partial charge is 0.497 e. The van der Waals surface area contributed by atoms with E-state index >= 15 is 0 Å². The Morgan fingerprint density at radius 1 is 1.38 bits per heavy atom. The van der Waals surface area contributed by atoms with Crippen LogP contribution in [-0.2, 0) is 9.47 Å². The summed E-state index contributed by atoms with van der Waals surface area (Å²) in [7, 11) is 3.32. The van der Waals surface area contributed by atoms with Crippen LogP contribution in [0.4, 0.5) is 0 Å². The third-order valence-electron chi connectivity index (χ3n) is 4.58. The van der Waals surface area contributed by atoms with Crippen molar-refractivity contribution in [1.29, 1.82) is 0 Å². The normalized spacial score (nSPS) is 27.7. The second-order valence-corrected chi connectivity index (χ2v) is 5.92. The van der Waals surface area contributed by atoms with Gasteiger partial charge in [0.25, 0.3) is 5.91 Å². The number of ether oxygens (including phenoxy) is 3. The zero-order valence-corrected chi connectivity index (χ0v) is 12.5. The minimum Gasteiger partial charge on any atom is -0.497 e. The lowest BCUT2D eigenvalue weighted by Gasteiger charge is -2.26. The van der Waals surface area contributed by atoms with Crippen LogP contribution in [0.2, 0.25) is 0 Å². The molecule has 1 aromatic rings. The van der Waals surface area contributed by atoms with Crippen LogP contribution in [0.25, 0.3) is 0 Å². The van der Waals surface area contributed by atoms with Gasteiger partial charge in [0.2, 0.25) is 0 Å². The fourth-order valence-electron chi connectivity index (χ4n) is 3.39. The SMILES string of the molecule is COC[C@]12COC[C@H]1CN(C(=O)c1ccc(OC)cc1)C2. The van der Waals surface area contributed by atoms with Gasteiger partial charge in [-0.3, -0.25) is 4.79 Å². The van der Waals surface area contributed by atoms with Crippen molar-refractivity contribution in [3.8, 4) is 5.75 Å². The van der Waals surface area contributed by atoms with E-state index in [1.54, 1.807) is 14.2 Å². The molecule has 5 nitrogen and oxygen atoms in total. The van der Waals surface area contributed by atoms with Crippen molar-refractivity contribution in [2.24, 2.45) is 11.3 Å². The van der Waals surface area contributed by atoms with E-state index in [4.69, 9.17) is 14.2 Å².